The Kier molecular flexibility index (Phi) is 9.49. The molecule has 1 N–H and O–H groups in total. The molecule has 0 saturated carbocycles. The van der Waals surface area contributed by atoms with Crippen LogP contribution >= 0.6 is 0 Å². The van der Waals surface area contributed by atoms with Crippen molar-refractivity contribution in [2.75, 3.05) is 13.1 Å². The van der Waals surface area contributed by atoms with Crippen molar-refractivity contribution in [1.29, 1.82) is 0 Å². The van der Waals surface area contributed by atoms with Crippen LogP contribution in [0.3, 0.4) is 0 Å². The van der Waals surface area contributed by atoms with Crippen LogP contribution in [-0.2, 0) is 0 Å². The van der Waals surface area contributed by atoms with E-state index in [2.05, 4.69) is 60.3 Å². The number of azide groups is 1. The Morgan fingerprint density at radius 2 is 1.97 bits per heavy atom. The number of halogens is 1. The van der Waals surface area contributed by atoms with Crippen LogP contribution < -0.4 is 5.32 Å². The molecule has 0 bridgehead atoms. The molecule has 2 atom stereocenters. The standard InChI is InChI=1S/C32H38FN5/c1-8-15-32(33,10-3)29-12-11-26(18-22(5)24(29)7)30-25(9-2)19-27(37-38-34)20-28(30)31-21(4)13-16-35-23(6)14-17-36-31/h8-12,15,18-20,22,36H,2-3,13-14,16-17H2,1,4-7H3/b15-8+,31-21+,35-23-. The molecule has 1 aliphatic heterocycles. The van der Waals surface area contributed by atoms with Crippen LogP contribution in [-0.4, -0.2) is 24.5 Å². The Hall–Kier alpha value is -3.89. The van der Waals surface area contributed by atoms with Gasteiger partial charge in [0.05, 0.1) is 0 Å². The summed E-state index contributed by atoms with van der Waals surface area (Å²) < 4.78 is 16.0. The van der Waals surface area contributed by atoms with Gasteiger partial charge in [0.1, 0.15) is 0 Å². The monoisotopic (exact) mass is 511 g/mol. The Bertz CT molecular complexity index is 1350. The molecule has 3 rings (SSSR count). The van der Waals surface area contributed by atoms with Crippen molar-refractivity contribution in [3.8, 4) is 0 Å². The van der Waals surface area contributed by atoms with Gasteiger partial charge in [0, 0.05) is 47.1 Å². The minimum atomic E-state index is -1.77. The van der Waals surface area contributed by atoms with E-state index in [0.29, 0.717) is 11.3 Å². The summed E-state index contributed by atoms with van der Waals surface area (Å²) in [6.07, 6.45) is 14.0. The first-order valence-electron chi connectivity index (χ1n) is 13.1. The zero-order valence-electron chi connectivity index (χ0n) is 23.2. The zero-order chi connectivity index (χ0) is 27.9. The predicted octanol–water partition coefficient (Wildman–Crippen LogP) is 9.22. The summed E-state index contributed by atoms with van der Waals surface area (Å²) in [6, 6.07) is 3.77. The van der Waals surface area contributed by atoms with E-state index >= 15 is 4.39 Å². The lowest BCUT2D eigenvalue weighted by Crippen LogP contribution is -2.20. The molecule has 1 aromatic carbocycles. The molecule has 1 aliphatic carbocycles. The lowest BCUT2D eigenvalue weighted by atomic mass is 9.86. The highest BCUT2D eigenvalue weighted by atomic mass is 19.1. The molecule has 0 saturated heterocycles. The molecule has 1 aromatic rings. The maximum Gasteiger partial charge on any atom is 0.172 e. The molecule has 0 amide bonds. The summed E-state index contributed by atoms with van der Waals surface area (Å²) in [6.45, 7) is 19.3. The van der Waals surface area contributed by atoms with Crippen LogP contribution in [0.5, 0.6) is 0 Å². The second-order valence-electron chi connectivity index (χ2n) is 9.86. The Morgan fingerprint density at radius 3 is 2.63 bits per heavy atom. The topological polar surface area (TPSA) is 73.2 Å². The molecule has 6 heteroatoms. The molecular weight excluding hydrogens is 473 g/mol. The van der Waals surface area contributed by atoms with Crippen LogP contribution in [0.25, 0.3) is 27.8 Å². The van der Waals surface area contributed by atoms with Crippen molar-refractivity contribution in [3.05, 3.63) is 106 Å². The molecule has 2 aliphatic rings. The third kappa shape index (κ3) is 6.15. The quantitative estimate of drug-likeness (QED) is 0.168. The fourth-order valence-electron chi connectivity index (χ4n) is 5.01. The van der Waals surface area contributed by atoms with Crippen molar-refractivity contribution in [2.24, 2.45) is 16.0 Å². The van der Waals surface area contributed by atoms with Gasteiger partial charge in [0.2, 0.25) is 0 Å². The second-order valence-corrected chi connectivity index (χ2v) is 9.86. The number of nitrogens with one attached hydrogen (secondary N) is 1. The summed E-state index contributed by atoms with van der Waals surface area (Å²) in [5, 5.41) is 7.56. The van der Waals surface area contributed by atoms with E-state index in [9.17, 15) is 5.53 Å². The first kappa shape index (κ1) is 28.7. The van der Waals surface area contributed by atoms with Gasteiger partial charge in [-0.25, -0.2) is 4.39 Å². The van der Waals surface area contributed by atoms with Crippen LogP contribution in [0.2, 0.25) is 0 Å². The minimum Gasteiger partial charge on any atom is -0.384 e. The zero-order valence-corrected chi connectivity index (χ0v) is 23.2. The van der Waals surface area contributed by atoms with Gasteiger partial charge in [-0.15, -0.1) is 0 Å². The molecule has 0 radical (unpaired) electrons. The largest absolute Gasteiger partial charge is 0.384 e. The SMILES string of the molecule is C=Cc1cc(N=[N+]=[N-])cc(/C2=C(/C)CC/N=C(/C)CCN2)c1C1=CC(C)C(C)=C(C(F)(C=C)/C=C/C)C=C1. The average molecular weight is 512 g/mol. The van der Waals surface area contributed by atoms with Crippen LogP contribution in [0.4, 0.5) is 10.1 Å². The van der Waals surface area contributed by atoms with E-state index in [-0.39, 0.29) is 5.92 Å². The van der Waals surface area contributed by atoms with Crippen LogP contribution in [0, 0.1) is 5.92 Å². The van der Waals surface area contributed by atoms with Gasteiger partial charge < -0.3 is 5.32 Å². The average Bonchev–Trinajstić information content (AvgIpc) is 2.98. The molecule has 1 heterocycles. The maximum absolute atomic E-state index is 16.0. The lowest BCUT2D eigenvalue weighted by molar-refractivity contribution is 0.352. The number of benzene rings is 1. The van der Waals surface area contributed by atoms with Gasteiger partial charge in [0.25, 0.3) is 0 Å². The Morgan fingerprint density at radius 1 is 1.21 bits per heavy atom. The third-order valence-electron chi connectivity index (χ3n) is 7.26. The van der Waals surface area contributed by atoms with Gasteiger partial charge in [-0.1, -0.05) is 61.1 Å². The smallest absolute Gasteiger partial charge is 0.172 e. The van der Waals surface area contributed by atoms with Gasteiger partial charge in [0.15, 0.2) is 5.67 Å². The van der Waals surface area contributed by atoms with E-state index in [0.717, 1.165) is 65.2 Å². The number of alkyl halides is 1. The summed E-state index contributed by atoms with van der Waals surface area (Å²) >= 11 is 0. The van der Waals surface area contributed by atoms with Crippen LogP contribution in [0.1, 0.15) is 64.2 Å². The number of allylic oxidation sites excluding steroid dienone is 9. The van der Waals surface area contributed by atoms with Crippen molar-refractivity contribution in [3.63, 3.8) is 0 Å². The fourth-order valence-corrected chi connectivity index (χ4v) is 5.01. The molecule has 0 spiro atoms. The summed E-state index contributed by atoms with van der Waals surface area (Å²) in [4.78, 5) is 7.71. The van der Waals surface area contributed by atoms with Crippen molar-refractivity contribution < 1.29 is 4.39 Å². The summed E-state index contributed by atoms with van der Waals surface area (Å²) in [7, 11) is 0. The van der Waals surface area contributed by atoms with Crippen molar-refractivity contribution in [2.45, 2.75) is 53.1 Å². The van der Waals surface area contributed by atoms with Gasteiger partial charge in [-0.3, -0.25) is 4.99 Å². The molecular formula is C32H38FN5. The Labute approximate surface area is 226 Å². The van der Waals surface area contributed by atoms with Gasteiger partial charge >= 0.3 is 0 Å². The van der Waals surface area contributed by atoms with E-state index in [1.807, 2.05) is 38.1 Å². The van der Waals surface area contributed by atoms with E-state index in [4.69, 9.17) is 0 Å². The first-order valence-corrected chi connectivity index (χ1v) is 13.1. The molecule has 5 nitrogen and oxygen atoms in total. The van der Waals surface area contributed by atoms with Crippen LogP contribution in [0.15, 0.2) is 88.6 Å². The molecule has 198 valence electrons. The van der Waals surface area contributed by atoms with Gasteiger partial charge in [-0.2, -0.15) is 0 Å². The number of hydrogen-bond acceptors (Lipinski definition) is 3. The number of hydrogen-bond donors (Lipinski definition) is 1. The number of nitrogens with zero attached hydrogens (tertiary/aromatic N) is 4. The number of aliphatic imine (C=N–C) groups is 1. The first-order chi connectivity index (χ1) is 18.2. The molecule has 0 aromatic heterocycles. The maximum atomic E-state index is 16.0. The summed E-state index contributed by atoms with van der Waals surface area (Å²) in [5.74, 6) is -0.0303. The highest BCUT2D eigenvalue weighted by Crippen LogP contribution is 2.40. The minimum absolute atomic E-state index is 0.0303. The summed E-state index contributed by atoms with van der Waals surface area (Å²) in [5.41, 5.74) is 16.4. The number of rotatable bonds is 7. The highest BCUT2D eigenvalue weighted by molar-refractivity contribution is 5.91. The van der Waals surface area contributed by atoms with E-state index in [1.165, 1.54) is 17.7 Å². The van der Waals surface area contributed by atoms with Crippen molar-refractivity contribution in [1.82, 2.24) is 5.32 Å². The van der Waals surface area contributed by atoms with E-state index < -0.39 is 5.67 Å². The van der Waals surface area contributed by atoms with Gasteiger partial charge in [-0.05, 0) is 97.7 Å². The second kappa shape index (κ2) is 12.6. The fraction of sp³-hybridized carbons (Fsp3) is 0.344. The molecule has 0 fully saturated rings. The Balaban J connectivity index is 2.28. The normalized spacial score (nSPS) is 23.5. The predicted molar refractivity (Wildman–Crippen MR) is 161 cm³/mol. The van der Waals surface area contributed by atoms with E-state index in [1.54, 1.807) is 12.2 Å². The molecule has 2 unspecified atom stereocenters. The third-order valence-corrected chi connectivity index (χ3v) is 7.26. The van der Waals surface area contributed by atoms with Crippen molar-refractivity contribution >= 4 is 28.7 Å². The molecule has 38 heavy (non-hydrogen) atoms. The highest BCUT2D eigenvalue weighted by Gasteiger charge is 2.30. The lowest BCUT2D eigenvalue weighted by Gasteiger charge is -2.23.